The Balaban J connectivity index is 1.83. The molecule has 2 rings (SSSR count). The van der Waals surface area contributed by atoms with Gasteiger partial charge in [-0.25, -0.2) is 4.79 Å². The predicted octanol–water partition coefficient (Wildman–Crippen LogP) is 3.82. The standard InChI is InChI=1S/C19H15BrN2O3/c1-13-2-5-15(17(20)10-13)6-9-19(24)25-12-18(23)22-16-7-3-14(11-21)4-8-16/h2-10H,12H2,1H3,(H,22,23)/b9-6+. The molecule has 0 fully saturated rings. The van der Waals surface area contributed by atoms with Gasteiger partial charge in [0.1, 0.15) is 0 Å². The van der Waals surface area contributed by atoms with Crippen molar-refractivity contribution in [2.75, 3.05) is 11.9 Å². The highest BCUT2D eigenvalue weighted by Crippen LogP contribution is 2.19. The number of hydrogen-bond donors (Lipinski definition) is 1. The van der Waals surface area contributed by atoms with Crippen molar-refractivity contribution in [1.29, 1.82) is 5.26 Å². The molecule has 0 radical (unpaired) electrons. The van der Waals surface area contributed by atoms with E-state index < -0.39 is 18.5 Å². The molecule has 1 N–H and O–H groups in total. The smallest absolute Gasteiger partial charge is 0.331 e. The van der Waals surface area contributed by atoms with Crippen molar-refractivity contribution in [2.45, 2.75) is 6.92 Å². The van der Waals surface area contributed by atoms with Gasteiger partial charge in [0, 0.05) is 16.2 Å². The monoisotopic (exact) mass is 398 g/mol. The Morgan fingerprint density at radius 1 is 1.24 bits per heavy atom. The number of amides is 1. The second-order valence-corrected chi connectivity index (χ2v) is 6.06. The summed E-state index contributed by atoms with van der Waals surface area (Å²) in [6.07, 6.45) is 2.88. The minimum atomic E-state index is -0.609. The molecule has 5 nitrogen and oxygen atoms in total. The summed E-state index contributed by atoms with van der Waals surface area (Å²) in [4.78, 5) is 23.4. The van der Waals surface area contributed by atoms with E-state index in [9.17, 15) is 9.59 Å². The van der Waals surface area contributed by atoms with Crippen LogP contribution in [0.2, 0.25) is 0 Å². The van der Waals surface area contributed by atoms with Crippen LogP contribution in [0.3, 0.4) is 0 Å². The van der Waals surface area contributed by atoms with Gasteiger partial charge < -0.3 is 10.1 Å². The quantitative estimate of drug-likeness (QED) is 0.612. The lowest BCUT2D eigenvalue weighted by molar-refractivity contribution is -0.142. The summed E-state index contributed by atoms with van der Waals surface area (Å²) in [6.45, 7) is 1.58. The number of rotatable bonds is 5. The largest absolute Gasteiger partial charge is 0.452 e. The first-order valence-corrected chi connectivity index (χ1v) is 8.18. The molecule has 126 valence electrons. The Kier molecular flexibility index (Phi) is 6.49. The summed E-state index contributed by atoms with van der Waals surface area (Å²) in [6, 6.07) is 14.1. The first-order valence-electron chi connectivity index (χ1n) is 7.39. The second kappa shape index (κ2) is 8.81. The minimum absolute atomic E-state index is 0.391. The summed E-state index contributed by atoms with van der Waals surface area (Å²) in [7, 11) is 0. The first-order chi connectivity index (χ1) is 12.0. The maximum Gasteiger partial charge on any atom is 0.331 e. The molecule has 1 amide bonds. The fourth-order valence-electron chi connectivity index (χ4n) is 1.94. The number of hydrogen-bond acceptors (Lipinski definition) is 4. The molecule has 0 aromatic heterocycles. The molecule has 0 saturated heterocycles. The van der Waals surface area contributed by atoms with Crippen LogP contribution in [0, 0.1) is 18.3 Å². The van der Waals surface area contributed by atoms with Gasteiger partial charge in [-0.1, -0.05) is 28.1 Å². The molecule has 0 bridgehead atoms. The average molecular weight is 399 g/mol. The van der Waals surface area contributed by atoms with E-state index in [4.69, 9.17) is 10.00 Å². The van der Waals surface area contributed by atoms with Gasteiger partial charge in [-0.15, -0.1) is 0 Å². The molecule has 0 aliphatic carbocycles. The number of carbonyl (C=O) groups is 2. The predicted molar refractivity (Wildman–Crippen MR) is 98.7 cm³/mol. The Bertz CT molecular complexity index is 852. The van der Waals surface area contributed by atoms with E-state index in [0.29, 0.717) is 11.3 Å². The van der Waals surface area contributed by atoms with Gasteiger partial charge >= 0.3 is 5.97 Å². The summed E-state index contributed by atoms with van der Waals surface area (Å²) < 4.78 is 5.77. The van der Waals surface area contributed by atoms with Crippen LogP contribution in [-0.2, 0) is 14.3 Å². The van der Waals surface area contributed by atoms with Gasteiger partial charge in [-0.2, -0.15) is 5.26 Å². The highest BCUT2D eigenvalue weighted by Gasteiger charge is 2.06. The number of nitriles is 1. The molecular formula is C19H15BrN2O3. The van der Waals surface area contributed by atoms with Gasteiger partial charge in [0.25, 0.3) is 5.91 Å². The average Bonchev–Trinajstić information content (AvgIpc) is 2.60. The molecule has 2 aromatic rings. The van der Waals surface area contributed by atoms with E-state index in [1.54, 1.807) is 30.3 Å². The summed E-state index contributed by atoms with van der Waals surface area (Å²) in [5.41, 5.74) is 2.96. The minimum Gasteiger partial charge on any atom is -0.452 e. The first kappa shape index (κ1) is 18.4. The molecule has 0 aliphatic rings. The van der Waals surface area contributed by atoms with Crippen molar-refractivity contribution in [3.8, 4) is 6.07 Å². The fraction of sp³-hybridized carbons (Fsp3) is 0.105. The van der Waals surface area contributed by atoms with Gasteiger partial charge in [0.05, 0.1) is 11.6 Å². The van der Waals surface area contributed by atoms with Gasteiger partial charge in [-0.05, 0) is 54.5 Å². The van der Waals surface area contributed by atoms with Crippen LogP contribution in [0.4, 0.5) is 5.69 Å². The number of halogens is 1. The van der Waals surface area contributed by atoms with Crippen LogP contribution >= 0.6 is 15.9 Å². The maximum absolute atomic E-state index is 11.8. The number of benzene rings is 2. The normalized spacial score (nSPS) is 10.3. The number of nitrogens with zero attached hydrogens (tertiary/aromatic N) is 1. The number of anilines is 1. The third kappa shape index (κ3) is 5.90. The van der Waals surface area contributed by atoms with Crippen molar-refractivity contribution < 1.29 is 14.3 Å². The molecule has 0 saturated carbocycles. The zero-order valence-electron chi connectivity index (χ0n) is 13.5. The molecular weight excluding hydrogens is 384 g/mol. The Morgan fingerprint density at radius 3 is 2.60 bits per heavy atom. The van der Waals surface area contributed by atoms with Crippen LogP contribution in [0.5, 0.6) is 0 Å². The lowest BCUT2D eigenvalue weighted by Crippen LogP contribution is -2.20. The van der Waals surface area contributed by atoms with Crippen molar-refractivity contribution in [1.82, 2.24) is 0 Å². The molecule has 2 aromatic carbocycles. The van der Waals surface area contributed by atoms with Crippen molar-refractivity contribution in [3.63, 3.8) is 0 Å². The zero-order chi connectivity index (χ0) is 18.2. The Labute approximate surface area is 154 Å². The maximum atomic E-state index is 11.8. The van der Waals surface area contributed by atoms with Crippen molar-refractivity contribution in [3.05, 3.63) is 69.7 Å². The van der Waals surface area contributed by atoms with Crippen molar-refractivity contribution in [2.24, 2.45) is 0 Å². The Hall–Kier alpha value is -2.91. The number of ether oxygens (including phenoxy) is 1. The van der Waals surface area contributed by atoms with Gasteiger partial charge in [0.15, 0.2) is 6.61 Å². The third-order valence-electron chi connectivity index (χ3n) is 3.20. The van der Waals surface area contributed by atoms with Gasteiger partial charge in [0.2, 0.25) is 0 Å². The lowest BCUT2D eigenvalue weighted by Gasteiger charge is -2.05. The molecule has 0 unspecified atom stereocenters. The van der Waals surface area contributed by atoms with Crippen LogP contribution in [0.1, 0.15) is 16.7 Å². The fourth-order valence-corrected chi connectivity index (χ4v) is 2.56. The number of nitrogens with one attached hydrogen (secondary N) is 1. The summed E-state index contributed by atoms with van der Waals surface area (Å²) in [5, 5.41) is 11.3. The molecule has 0 aliphatic heterocycles. The van der Waals surface area contributed by atoms with Crippen LogP contribution in [0.25, 0.3) is 6.08 Å². The molecule has 25 heavy (non-hydrogen) atoms. The van der Waals surface area contributed by atoms with Crippen LogP contribution < -0.4 is 5.32 Å². The topological polar surface area (TPSA) is 79.2 Å². The van der Waals surface area contributed by atoms with Crippen molar-refractivity contribution >= 4 is 39.6 Å². The summed E-state index contributed by atoms with van der Waals surface area (Å²) in [5.74, 6) is -1.06. The Morgan fingerprint density at radius 2 is 1.96 bits per heavy atom. The number of aryl methyl sites for hydroxylation is 1. The molecule has 0 atom stereocenters. The van der Waals surface area contributed by atoms with Crippen LogP contribution in [-0.4, -0.2) is 18.5 Å². The second-order valence-electron chi connectivity index (χ2n) is 5.20. The number of carbonyl (C=O) groups excluding carboxylic acids is 2. The highest BCUT2D eigenvalue weighted by atomic mass is 79.9. The zero-order valence-corrected chi connectivity index (χ0v) is 15.0. The van der Waals surface area contributed by atoms with Crippen LogP contribution in [0.15, 0.2) is 53.0 Å². The van der Waals surface area contributed by atoms with E-state index >= 15 is 0 Å². The molecule has 0 spiro atoms. The molecule has 6 heteroatoms. The highest BCUT2D eigenvalue weighted by molar-refractivity contribution is 9.10. The number of esters is 1. The van der Waals surface area contributed by atoms with E-state index in [-0.39, 0.29) is 0 Å². The lowest BCUT2D eigenvalue weighted by atomic mass is 10.1. The van der Waals surface area contributed by atoms with E-state index in [0.717, 1.165) is 15.6 Å². The summed E-state index contributed by atoms with van der Waals surface area (Å²) >= 11 is 3.42. The SMILES string of the molecule is Cc1ccc(/C=C/C(=O)OCC(=O)Nc2ccc(C#N)cc2)c(Br)c1. The van der Waals surface area contributed by atoms with E-state index in [1.807, 2.05) is 31.2 Å². The van der Waals surface area contributed by atoms with E-state index in [2.05, 4.69) is 21.2 Å². The van der Waals surface area contributed by atoms with E-state index in [1.165, 1.54) is 6.08 Å². The third-order valence-corrected chi connectivity index (χ3v) is 3.88. The molecule has 0 heterocycles. The van der Waals surface area contributed by atoms with Gasteiger partial charge in [-0.3, -0.25) is 4.79 Å².